The molecule has 1 aromatic carbocycles. The van der Waals surface area contributed by atoms with Gasteiger partial charge in [0, 0.05) is 41.4 Å². The number of aliphatic hydroxyl groups excluding tert-OH is 1. The molecular weight excluding hydrogens is 280 g/mol. The number of anilines is 1. The minimum atomic E-state index is 0.101. The maximum atomic E-state index is 9.41. The lowest BCUT2D eigenvalue weighted by Crippen LogP contribution is -2.50. The van der Waals surface area contributed by atoms with Gasteiger partial charge in [-0.3, -0.25) is 0 Å². The van der Waals surface area contributed by atoms with Crippen LogP contribution in [0.4, 0.5) is 5.69 Å². The number of nitrogens with zero attached hydrogens (tertiary/aromatic N) is 2. The molecule has 1 aliphatic heterocycles. The van der Waals surface area contributed by atoms with Gasteiger partial charge in [-0.25, -0.2) is 0 Å². The number of likely N-dealkylation sites (N-methyl/N-ethyl adjacent to an activating group) is 1. The van der Waals surface area contributed by atoms with Gasteiger partial charge in [-0.1, -0.05) is 22.0 Å². The zero-order chi connectivity index (χ0) is 12.4. The van der Waals surface area contributed by atoms with E-state index >= 15 is 0 Å². The van der Waals surface area contributed by atoms with E-state index < -0.39 is 0 Å². The summed E-state index contributed by atoms with van der Waals surface area (Å²) in [5, 5.41) is 9.41. The molecule has 0 aliphatic carbocycles. The smallest absolute Gasteiger partial charge is 0.0702 e. The molecule has 4 heteroatoms. The van der Waals surface area contributed by atoms with Crippen LogP contribution in [0.3, 0.4) is 0 Å². The van der Waals surface area contributed by atoms with Gasteiger partial charge in [0.2, 0.25) is 0 Å². The van der Waals surface area contributed by atoms with Crippen molar-refractivity contribution in [2.45, 2.75) is 19.6 Å². The first-order valence-electron chi connectivity index (χ1n) is 5.96. The predicted molar refractivity (Wildman–Crippen MR) is 74.4 cm³/mol. The summed E-state index contributed by atoms with van der Waals surface area (Å²) in [6.07, 6.45) is 0. The topological polar surface area (TPSA) is 26.7 Å². The number of aliphatic hydroxyl groups is 1. The number of hydrogen-bond acceptors (Lipinski definition) is 3. The largest absolute Gasteiger partial charge is 0.392 e. The summed E-state index contributed by atoms with van der Waals surface area (Å²) in [6, 6.07) is 6.62. The van der Waals surface area contributed by atoms with Crippen LogP contribution in [0.15, 0.2) is 22.7 Å². The molecule has 94 valence electrons. The van der Waals surface area contributed by atoms with E-state index in [9.17, 15) is 5.11 Å². The van der Waals surface area contributed by atoms with Crippen molar-refractivity contribution in [2.75, 3.05) is 31.6 Å². The zero-order valence-electron chi connectivity index (χ0n) is 10.4. The Balaban J connectivity index is 2.24. The molecule has 1 unspecified atom stereocenters. The van der Waals surface area contributed by atoms with Crippen LogP contribution in [0.5, 0.6) is 0 Å². The molecule has 0 saturated carbocycles. The van der Waals surface area contributed by atoms with Crippen molar-refractivity contribution in [3.8, 4) is 0 Å². The van der Waals surface area contributed by atoms with Crippen molar-refractivity contribution < 1.29 is 5.11 Å². The van der Waals surface area contributed by atoms with Crippen LogP contribution in [0, 0.1) is 0 Å². The lowest BCUT2D eigenvalue weighted by atomic mass is 10.1. The highest BCUT2D eigenvalue weighted by atomic mass is 79.9. The SMILES string of the molecule is CC1CN(c2cc(Br)ccc2CO)CCN1C. The molecule has 0 bridgehead atoms. The first-order valence-corrected chi connectivity index (χ1v) is 6.75. The maximum Gasteiger partial charge on any atom is 0.0702 e. The quantitative estimate of drug-likeness (QED) is 0.906. The summed E-state index contributed by atoms with van der Waals surface area (Å²) < 4.78 is 1.07. The molecule has 1 N–H and O–H groups in total. The van der Waals surface area contributed by atoms with Crippen molar-refractivity contribution in [1.82, 2.24) is 4.90 Å². The van der Waals surface area contributed by atoms with Crippen molar-refractivity contribution >= 4 is 21.6 Å². The Hall–Kier alpha value is -0.580. The number of hydrogen-bond donors (Lipinski definition) is 1. The van der Waals surface area contributed by atoms with E-state index in [1.54, 1.807) is 0 Å². The van der Waals surface area contributed by atoms with E-state index in [4.69, 9.17) is 0 Å². The molecule has 0 aromatic heterocycles. The minimum Gasteiger partial charge on any atom is -0.392 e. The second-order valence-corrected chi connectivity index (χ2v) is 5.62. The van der Waals surface area contributed by atoms with Crippen LogP contribution >= 0.6 is 15.9 Å². The maximum absolute atomic E-state index is 9.41. The molecule has 3 nitrogen and oxygen atoms in total. The fraction of sp³-hybridized carbons (Fsp3) is 0.538. The van der Waals surface area contributed by atoms with Crippen LogP contribution in [-0.2, 0) is 6.61 Å². The number of piperazine rings is 1. The average molecular weight is 299 g/mol. The summed E-state index contributed by atoms with van der Waals surface area (Å²) in [6.45, 7) is 5.44. The number of benzene rings is 1. The molecule has 0 spiro atoms. The lowest BCUT2D eigenvalue weighted by molar-refractivity contribution is 0.233. The Morgan fingerprint density at radius 3 is 2.82 bits per heavy atom. The molecule has 1 fully saturated rings. The molecule has 0 amide bonds. The van der Waals surface area contributed by atoms with Gasteiger partial charge in [0.15, 0.2) is 0 Å². The van der Waals surface area contributed by atoms with Crippen molar-refractivity contribution in [1.29, 1.82) is 0 Å². The second-order valence-electron chi connectivity index (χ2n) is 4.71. The van der Waals surface area contributed by atoms with Crippen LogP contribution in [0.1, 0.15) is 12.5 Å². The Kier molecular flexibility index (Phi) is 4.07. The summed E-state index contributed by atoms with van der Waals surface area (Å²) in [7, 11) is 2.16. The van der Waals surface area contributed by atoms with Crippen LogP contribution in [0.2, 0.25) is 0 Å². The van der Waals surface area contributed by atoms with Gasteiger partial charge in [-0.15, -0.1) is 0 Å². The third kappa shape index (κ3) is 2.81. The zero-order valence-corrected chi connectivity index (χ0v) is 11.9. The van der Waals surface area contributed by atoms with E-state index in [0.29, 0.717) is 6.04 Å². The van der Waals surface area contributed by atoms with Crippen molar-refractivity contribution in [3.05, 3.63) is 28.2 Å². The van der Waals surface area contributed by atoms with E-state index in [1.807, 2.05) is 12.1 Å². The lowest BCUT2D eigenvalue weighted by Gasteiger charge is -2.39. The molecule has 1 saturated heterocycles. The van der Waals surface area contributed by atoms with Crippen LogP contribution < -0.4 is 4.90 Å². The van der Waals surface area contributed by atoms with Gasteiger partial charge >= 0.3 is 0 Å². The second kappa shape index (κ2) is 5.38. The highest BCUT2D eigenvalue weighted by Crippen LogP contribution is 2.27. The Bertz CT molecular complexity index is 397. The molecule has 1 aromatic rings. The predicted octanol–water partition coefficient (Wildman–Crippen LogP) is 2.08. The van der Waals surface area contributed by atoms with Gasteiger partial charge in [0.05, 0.1) is 6.61 Å². The Morgan fingerprint density at radius 1 is 1.41 bits per heavy atom. The first kappa shape index (κ1) is 12.9. The highest BCUT2D eigenvalue weighted by Gasteiger charge is 2.22. The fourth-order valence-electron chi connectivity index (χ4n) is 2.23. The third-order valence-electron chi connectivity index (χ3n) is 3.52. The van der Waals surface area contributed by atoms with E-state index in [0.717, 1.165) is 35.4 Å². The van der Waals surface area contributed by atoms with Gasteiger partial charge in [0.25, 0.3) is 0 Å². The van der Waals surface area contributed by atoms with E-state index in [-0.39, 0.29) is 6.61 Å². The molecule has 1 heterocycles. The number of rotatable bonds is 2. The molecule has 1 aliphatic rings. The fourth-order valence-corrected chi connectivity index (χ4v) is 2.58. The Labute approximate surface area is 111 Å². The van der Waals surface area contributed by atoms with Crippen LogP contribution in [-0.4, -0.2) is 42.7 Å². The molecular formula is C13H19BrN2O. The van der Waals surface area contributed by atoms with E-state index in [2.05, 4.69) is 45.8 Å². The van der Waals surface area contributed by atoms with Gasteiger partial charge in [0.1, 0.15) is 0 Å². The van der Waals surface area contributed by atoms with Gasteiger partial charge in [-0.2, -0.15) is 0 Å². The highest BCUT2D eigenvalue weighted by molar-refractivity contribution is 9.10. The third-order valence-corrected chi connectivity index (χ3v) is 4.01. The average Bonchev–Trinajstić information content (AvgIpc) is 2.32. The summed E-state index contributed by atoms with van der Waals surface area (Å²) in [4.78, 5) is 4.73. The molecule has 0 radical (unpaired) electrons. The summed E-state index contributed by atoms with van der Waals surface area (Å²) in [5.41, 5.74) is 2.16. The molecule has 17 heavy (non-hydrogen) atoms. The first-order chi connectivity index (χ1) is 8.11. The molecule has 1 atom stereocenters. The summed E-state index contributed by atoms with van der Waals surface area (Å²) >= 11 is 3.50. The van der Waals surface area contributed by atoms with E-state index in [1.165, 1.54) is 0 Å². The van der Waals surface area contributed by atoms with Crippen molar-refractivity contribution in [3.63, 3.8) is 0 Å². The molecule has 2 rings (SSSR count). The summed E-state index contributed by atoms with van der Waals surface area (Å²) in [5.74, 6) is 0. The number of halogens is 1. The standard InChI is InChI=1S/C13H19BrN2O/c1-10-8-16(6-5-15(10)2)13-7-12(14)4-3-11(13)9-17/h3-4,7,10,17H,5-6,8-9H2,1-2H3. The minimum absolute atomic E-state index is 0.101. The van der Waals surface area contributed by atoms with Crippen LogP contribution in [0.25, 0.3) is 0 Å². The van der Waals surface area contributed by atoms with Gasteiger partial charge in [-0.05, 0) is 26.1 Å². The van der Waals surface area contributed by atoms with Crippen molar-refractivity contribution in [2.24, 2.45) is 0 Å². The monoisotopic (exact) mass is 298 g/mol. The Morgan fingerprint density at radius 2 is 2.18 bits per heavy atom. The normalized spacial score (nSPS) is 21.9. The van der Waals surface area contributed by atoms with Gasteiger partial charge < -0.3 is 14.9 Å².